The molecule has 1 fully saturated rings. The number of imidazole rings is 1. The van der Waals surface area contributed by atoms with Gasteiger partial charge in [-0.05, 0) is 19.8 Å². The van der Waals surface area contributed by atoms with E-state index in [1.54, 1.807) is 12.5 Å². The normalized spacial score (nSPS) is 19.1. The van der Waals surface area contributed by atoms with Crippen molar-refractivity contribution in [1.82, 2.24) is 9.55 Å². The highest BCUT2D eigenvalue weighted by molar-refractivity contribution is 5.84. The lowest BCUT2D eigenvalue weighted by molar-refractivity contribution is 0.0691. The summed E-state index contributed by atoms with van der Waals surface area (Å²) in [6.07, 6.45) is 5.41. The Labute approximate surface area is 69.8 Å². The number of hydrogen-bond acceptors (Lipinski definition) is 2. The Kier molecular flexibility index (Phi) is 1.28. The SMILES string of the molecule is CC1(n2cnc(C(=O)O)c2)CC1. The number of carboxylic acids is 1. The fraction of sp³-hybridized carbons (Fsp3) is 0.500. The van der Waals surface area contributed by atoms with E-state index in [0.717, 1.165) is 12.8 Å². The second kappa shape index (κ2) is 2.09. The lowest BCUT2D eigenvalue weighted by Crippen LogP contribution is -2.09. The molecule has 0 unspecified atom stereocenters. The molecular formula is C8H10N2O2. The largest absolute Gasteiger partial charge is 0.476 e. The van der Waals surface area contributed by atoms with Gasteiger partial charge in [-0.3, -0.25) is 0 Å². The van der Waals surface area contributed by atoms with Crippen molar-refractivity contribution in [1.29, 1.82) is 0 Å². The van der Waals surface area contributed by atoms with Crippen molar-refractivity contribution in [2.75, 3.05) is 0 Å². The Morgan fingerprint density at radius 2 is 2.42 bits per heavy atom. The highest BCUT2D eigenvalue weighted by atomic mass is 16.4. The molecule has 0 aromatic carbocycles. The van der Waals surface area contributed by atoms with Crippen LogP contribution >= 0.6 is 0 Å². The third kappa shape index (κ3) is 0.995. The van der Waals surface area contributed by atoms with Gasteiger partial charge in [-0.2, -0.15) is 0 Å². The van der Waals surface area contributed by atoms with Gasteiger partial charge in [0.2, 0.25) is 0 Å². The molecule has 0 spiro atoms. The van der Waals surface area contributed by atoms with Crippen LogP contribution < -0.4 is 0 Å². The van der Waals surface area contributed by atoms with Crippen molar-refractivity contribution >= 4 is 5.97 Å². The van der Waals surface area contributed by atoms with Crippen LogP contribution in [0.25, 0.3) is 0 Å². The number of rotatable bonds is 2. The van der Waals surface area contributed by atoms with Crippen molar-refractivity contribution in [2.24, 2.45) is 0 Å². The number of aromatic nitrogens is 2. The van der Waals surface area contributed by atoms with E-state index in [9.17, 15) is 4.79 Å². The van der Waals surface area contributed by atoms with E-state index in [2.05, 4.69) is 11.9 Å². The monoisotopic (exact) mass is 166 g/mol. The van der Waals surface area contributed by atoms with Crippen molar-refractivity contribution in [3.05, 3.63) is 18.2 Å². The van der Waals surface area contributed by atoms with E-state index in [1.807, 2.05) is 4.57 Å². The van der Waals surface area contributed by atoms with Gasteiger partial charge in [-0.25, -0.2) is 9.78 Å². The summed E-state index contributed by atoms with van der Waals surface area (Å²) >= 11 is 0. The summed E-state index contributed by atoms with van der Waals surface area (Å²) in [6, 6.07) is 0. The maximum absolute atomic E-state index is 10.5. The number of nitrogens with zero attached hydrogens (tertiary/aromatic N) is 2. The molecule has 0 saturated heterocycles. The standard InChI is InChI=1S/C8H10N2O2/c1-8(2-3-8)10-4-6(7(11)12)9-5-10/h4-5H,2-3H2,1H3,(H,11,12). The Morgan fingerprint density at radius 1 is 1.75 bits per heavy atom. The smallest absolute Gasteiger partial charge is 0.356 e. The van der Waals surface area contributed by atoms with Gasteiger partial charge in [0.25, 0.3) is 0 Å². The maximum Gasteiger partial charge on any atom is 0.356 e. The highest BCUT2D eigenvalue weighted by Crippen LogP contribution is 2.42. The van der Waals surface area contributed by atoms with Crippen LogP contribution in [0.1, 0.15) is 30.3 Å². The number of aromatic carboxylic acids is 1. The van der Waals surface area contributed by atoms with Gasteiger partial charge in [0.1, 0.15) is 0 Å². The van der Waals surface area contributed by atoms with Gasteiger partial charge in [0, 0.05) is 11.7 Å². The number of hydrogen-bond donors (Lipinski definition) is 1. The molecule has 1 heterocycles. The zero-order chi connectivity index (χ0) is 8.77. The predicted octanol–water partition coefficient (Wildman–Crippen LogP) is 1.09. The van der Waals surface area contributed by atoms with Gasteiger partial charge in [-0.1, -0.05) is 0 Å². The summed E-state index contributed by atoms with van der Waals surface area (Å²) < 4.78 is 1.89. The second-order valence-electron chi connectivity index (χ2n) is 3.47. The summed E-state index contributed by atoms with van der Waals surface area (Å²) in [6.45, 7) is 2.10. The Morgan fingerprint density at radius 3 is 2.83 bits per heavy atom. The molecule has 12 heavy (non-hydrogen) atoms. The Balaban J connectivity index is 2.30. The van der Waals surface area contributed by atoms with Gasteiger partial charge < -0.3 is 9.67 Å². The molecule has 0 bridgehead atoms. The van der Waals surface area contributed by atoms with Crippen LogP contribution in [0.15, 0.2) is 12.5 Å². The van der Waals surface area contributed by atoms with E-state index in [-0.39, 0.29) is 11.2 Å². The third-order valence-electron chi connectivity index (χ3n) is 2.40. The Hall–Kier alpha value is -1.32. The van der Waals surface area contributed by atoms with Crippen molar-refractivity contribution in [2.45, 2.75) is 25.3 Å². The van der Waals surface area contributed by atoms with Crippen LogP contribution in [0.4, 0.5) is 0 Å². The summed E-state index contributed by atoms with van der Waals surface area (Å²) in [5.41, 5.74) is 0.267. The molecule has 1 aromatic heterocycles. The molecule has 0 atom stereocenters. The van der Waals surface area contributed by atoms with Crippen molar-refractivity contribution in [3.63, 3.8) is 0 Å². The third-order valence-corrected chi connectivity index (χ3v) is 2.40. The molecule has 4 heteroatoms. The van der Waals surface area contributed by atoms with Crippen LogP contribution in [0.2, 0.25) is 0 Å². The molecule has 2 rings (SSSR count). The quantitative estimate of drug-likeness (QED) is 0.715. The minimum Gasteiger partial charge on any atom is -0.476 e. The van der Waals surface area contributed by atoms with E-state index in [4.69, 9.17) is 5.11 Å². The van der Waals surface area contributed by atoms with Gasteiger partial charge >= 0.3 is 5.97 Å². The Bertz CT molecular complexity index is 326. The first-order chi connectivity index (χ1) is 5.62. The fourth-order valence-electron chi connectivity index (χ4n) is 1.17. The minimum absolute atomic E-state index is 0.128. The molecule has 1 saturated carbocycles. The zero-order valence-corrected chi connectivity index (χ0v) is 6.82. The summed E-state index contributed by atoms with van der Waals surface area (Å²) in [7, 11) is 0. The molecule has 1 aliphatic rings. The first-order valence-corrected chi connectivity index (χ1v) is 3.90. The maximum atomic E-state index is 10.5. The molecule has 1 aliphatic carbocycles. The number of carboxylic acid groups (broad SMARTS) is 1. The highest BCUT2D eigenvalue weighted by Gasteiger charge is 2.39. The minimum atomic E-state index is -0.960. The van der Waals surface area contributed by atoms with Crippen molar-refractivity contribution < 1.29 is 9.90 Å². The first kappa shape index (κ1) is 7.34. The molecular weight excluding hydrogens is 156 g/mol. The van der Waals surface area contributed by atoms with Crippen LogP contribution in [-0.2, 0) is 5.54 Å². The molecule has 4 nitrogen and oxygen atoms in total. The predicted molar refractivity (Wildman–Crippen MR) is 42.1 cm³/mol. The summed E-state index contributed by atoms with van der Waals surface area (Å²) in [4.78, 5) is 14.3. The van der Waals surface area contributed by atoms with E-state index >= 15 is 0 Å². The van der Waals surface area contributed by atoms with E-state index < -0.39 is 5.97 Å². The molecule has 1 aromatic rings. The molecule has 0 radical (unpaired) electrons. The summed E-state index contributed by atoms with van der Waals surface area (Å²) in [5.74, 6) is -0.960. The summed E-state index contributed by atoms with van der Waals surface area (Å²) in [5, 5.41) is 8.61. The van der Waals surface area contributed by atoms with Gasteiger partial charge in [0.05, 0.1) is 6.33 Å². The van der Waals surface area contributed by atoms with Crippen molar-refractivity contribution in [3.8, 4) is 0 Å². The first-order valence-electron chi connectivity index (χ1n) is 3.90. The lowest BCUT2D eigenvalue weighted by atomic mass is 10.3. The molecule has 0 aliphatic heterocycles. The van der Waals surface area contributed by atoms with E-state index in [0.29, 0.717) is 0 Å². The topological polar surface area (TPSA) is 55.1 Å². The molecule has 0 amide bonds. The van der Waals surface area contributed by atoms with Crippen LogP contribution in [0.5, 0.6) is 0 Å². The zero-order valence-electron chi connectivity index (χ0n) is 6.82. The van der Waals surface area contributed by atoms with Crippen LogP contribution in [0, 0.1) is 0 Å². The molecule has 1 N–H and O–H groups in total. The van der Waals surface area contributed by atoms with E-state index in [1.165, 1.54) is 0 Å². The number of carbonyl (C=O) groups is 1. The lowest BCUT2D eigenvalue weighted by Gasteiger charge is -2.07. The van der Waals surface area contributed by atoms with Crippen LogP contribution in [0.3, 0.4) is 0 Å². The van der Waals surface area contributed by atoms with Crippen LogP contribution in [-0.4, -0.2) is 20.6 Å². The molecule has 64 valence electrons. The van der Waals surface area contributed by atoms with Gasteiger partial charge in [-0.15, -0.1) is 0 Å². The second-order valence-corrected chi connectivity index (χ2v) is 3.47. The average molecular weight is 166 g/mol. The van der Waals surface area contributed by atoms with Gasteiger partial charge in [0.15, 0.2) is 5.69 Å². The average Bonchev–Trinajstić information content (AvgIpc) is 2.61. The fourth-order valence-corrected chi connectivity index (χ4v) is 1.17.